The maximum atomic E-state index is 11.8. The van der Waals surface area contributed by atoms with E-state index in [1.54, 1.807) is 6.26 Å². The molecule has 0 radical (unpaired) electrons. The second-order valence-corrected chi connectivity index (χ2v) is 7.34. The van der Waals surface area contributed by atoms with Gasteiger partial charge in [-0.05, 0) is 6.92 Å². The zero-order chi connectivity index (χ0) is 14.8. The van der Waals surface area contributed by atoms with Crippen LogP contribution in [0.15, 0.2) is 30.3 Å². The number of hydrogen-bond donors (Lipinski definition) is 1. The van der Waals surface area contributed by atoms with E-state index in [4.69, 9.17) is 4.98 Å². The van der Waals surface area contributed by atoms with Gasteiger partial charge < -0.3 is 9.88 Å². The Kier molecular flexibility index (Phi) is 4.22. The molecular weight excluding hydrogens is 282 g/mol. The first-order valence-electron chi connectivity index (χ1n) is 7.33. The highest BCUT2D eigenvalue weighted by atomic mass is 32.2. The SMILES string of the molecule is CC(Cn1c(-c2ccccc2)nc2c1CCNC2)S(C)=O. The molecule has 1 N–H and O–H groups in total. The quantitative estimate of drug-likeness (QED) is 0.939. The molecule has 1 aromatic heterocycles. The fourth-order valence-electron chi connectivity index (χ4n) is 2.74. The van der Waals surface area contributed by atoms with E-state index in [9.17, 15) is 4.21 Å². The van der Waals surface area contributed by atoms with Crippen LogP contribution in [0.1, 0.15) is 18.3 Å². The lowest BCUT2D eigenvalue weighted by Crippen LogP contribution is -2.27. The van der Waals surface area contributed by atoms with E-state index in [2.05, 4.69) is 22.0 Å². The summed E-state index contributed by atoms with van der Waals surface area (Å²) < 4.78 is 14.0. The summed E-state index contributed by atoms with van der Waals surface area (Å²) in [6.07, 6.45) is 2.76. The van der Waals surface area contributed by atoms with Crippen molar-refractivity contribution in [1.82, 2.24) is 14.9 Å². The minimum Gasteiger partial charge on any atom is -0.327 e. The van der Waals surface area contributed by atoms with E-state index in [0.717, 1.165) is 43.1 Å². The second-order valence-electron chi connectivity index (χ2n) is 5.54. The van der Waals surface area contributed by atoms with E-state index >= 15 is 0 Å². The van der Waals surface area contributed by atoms with Crippen molar-refractivity contribution in [3.8, 4) is 11.4 Å². The standard InChI is InChI=1S/C16H21N3OS/c1-12(21(2)20)11-19-15-8-9-17-10-14(15)18-16(19)13-6-4-3-5-7-13/h3-7,12,17H,8-11H2,1-2H3. The van der Waals surface area contributed by atoms with Gasteiger partial charge in [0.05, 0.1) is 5.69 Å². The van der Waals surface area contributed by atoms with Crippen molar-refractivity contribution in [3.05, 3.63) is 41.7 Å². The molecule has 2 unspecified atom stereocenters. The van der Waals surface area contributed by atoms with Crippen LogP contribution < -0.4 is 5.32 Å². The average Bonchev–Trinajstić information content (AvgIpc) is 2.87. The van der Waals surface area contributed by atoms with Gasteiger partial charge in [-0.15, -0.1) is 0 Å². The van der Waals surface area contributed by atoms with E-state index in [-0.39, 0.29) is 5.25 Å². The molecule has 0 aliphatic carbocycles. The molecule has 0 fully saturated rings. The molecule has 0 spiro atoms. The zero-order valence-electron chi connectivity index (χ0n) is 12.5. The first kappa shape index (κ1) is 14.5. The summed E-state index contributed by atoms with van der Waals surface area (Å²) >= 11 is 0. The zero-order valence-corrected chi connectivity index (χ0v) is 13.3. The number of aromatic nitrogens is 2. The van der Waals surface area contributed by atoms with Gasteiger partial charge in [0.1, 0.15) is 5.82 Å². The number of rotatable bonds is 4. The molecule has 0 bridgehead atoms. The Morgan fingerprint density at radius 1 is 1.38 bits per heavy atom. The Morgan fingerprint density at radius 2 is 2.14 bits per heavy atom. The molecule has 21 heavy (non-hydrogen) atoms. The topological polar surface area (TPSA) is 46.9 Å². The lowest BCUT2D eigenvalue weighted by molar-refractivity contribution is 0.581. The Labute approximate surface area is 128 Å². The van der Waals surface area contributed by atoms with Gasteiger partial charge in [-0.3, -0.25) is 4.21 Å². The van der Waals surface area contributed by atoms with Gasteiger partial charge in [-0.2, -0.15) is 0 Å². The number of nitrogens with zero attached hydrogens (tertiary/aromatic N) is 2. The number of nitrogens with one attached hydrogen (secondary N) is 1. The molecule has 1 aromatic carbocycles. The van der Waals surface area contributed by atoms with Gasteiger partial charge >= 0.3 is 0 Å². The molecule has 0 amide bonds. The number of imidazole rings is 1. The molecule has 1 aliphatic rings. The lowest BCUT2D eigenvalue weighted by Gasteiger charge is -2.18. The summed E-state index contributed by atoms with van der Waals surface area (Å²) in [5.41, 5.74) is 3.56. The minimum absolute atomic E-state index is 0.126. The Bertz CT molecular complexity index is 651. The lowest BCUT2D eigenvalue weighted by atomic mass is 10.2. The first-order valence-corrected chi connectivity index (χ1v) is 8.95. The van der Waals surface area contributed by atoms with Crippen molar-refractivity contribution in [2.24, 2.45) is 0 Å². The minimum atomic E-state index is -0.825. The maximum Gasteiger partial charge on any atom is 0.140 e. The highest BCUT2D eigenvalue weighted by Crippen LogP contribution is 2.25. The molecule has 2 atom stereocenters. The molecule has 5 heteroatoms. The Hall–Kier alpha value is -1.46. The van der Waals surface area contributed by atoms with Crippen LogP contribution in [-0.2, 0) is 30.3 Å². The van der Waals surface area contributed by atoms with Gasteiger partial charge in [0.15, 0.2) is 0 Å². The van der Waals surface area contributed by atoms with Crippen LogP contribution in [0.2, 0.25) is 0 Å². The smallest absolute Gasteiger partial charge is 0.140 e. The Morgan fingerprint density at radius 3 is 2.86 bits per heavy atom. The molecule has 0 saturated carbocycles. The van der Waals surface area contributed by atoms with Crippen molar-refractivity contribution >= 4 is 10.8 Å². The van der Waals surface area contributed by atoms with Crippen LogP contribution in [-0.4, -0.2) is 31.8 Å². The molecule has 3 rings (SSSR count). The van der Waals surface area contributed by atoms with Crippen LogP contribution in [0, 0.1) is 0 Å². The molecular formula is C16H21N3OS. The third kappa shape index (κ3) is 2.94. The van der Waals surface area contributed by atoms with Crippen molar-refractivity contribution in [1.29, 1.82) is 0 Å². The first-order chi connectivity index (χ1) is 10.2. The van der Waals surface area contributed by atoms with Crippen LogP contribution in [0.3, 0.4) is 0 Å². The molecule has 2 aromatic rings. The predicted molar refractivity (Wildman–Crippen MR) is 86.6 cm³/mol. The number of benzene rings is 1. The summed E-state index contributed by atoms with van der Waals surface area (Å²) in [6.45, 7) is 4.61. The van der Waals surface area contributed by atoms with Crippen LogP contribution >= 0.6 is 0 Å². The van der Waals surface area contributed by atoms with E-state index in [1.807, 2.05) is 25.1 Å². The predicted octanol–water partition coefficient (Wildman–Crippen LogP) is 1.96. The van der Waals surface area contributed by atoms with E-state index < -0.39 is 10.8 Å². The van der Waals surface area contributed by atoms with Gasteiger partial charge in [0.25, 0.3) is 0 Å². The molecule has 0 saturated heterocycles. The van der Waals surface area contributed by atoms with E-state index in [0.29, 0.717) is 0 Å². The van der Waals surface area contributed by atoms with Crippen LogP contribution in [0.25, 0.3) is 11.4 Å². The van der Waals surface area contributed by atoms with E-state index in [1.165, 1.54) is 5.69 Å². The fourth-order valence-corrected chi connectivity index (χ4v) is 3.10. The van der Waals surface area contributed by atoms with Gasteiger partial charge in [0, 0.05) is 59.6 Å². The van der Waals surface area contributed by atoms with Gasteiger partial charge in [0.2, 0.25) is 0 Å². The Balaban J connectivity index is 2.06. The van der Waals surface area contributed by atoms with Crippen molar-refractivity contribution < 1.29 is 4.21 Å². The van der Waals surface area contributed by atoms with Crippen molar-refractivity contribution in [2.45, 2.75) is 31.7 Å². The number of hydrogen-bond acceptors (Lipinski definition) is 3. The monoisotopic (exact) mass is 303 g/mol. The fraction of sp³-hybridized carbons (Fsp3) is 0.438. The normalized spacial score (nSPS) is 17.2. The molecule has 112 valence electrons. The second kappa shape index (κ2) is 6.12. The largest absolute Gasteiger partial charge is 0.327 e. The molecule has 1 aliphatic heterocycles. The average molecular weight is 303 g/mol. The summed E-state index contributed by atoms with van der Waals surface area (Å²) in [4.78, 5) is 4.83. The van der Waals surface area contributed by atoms with Crippen molar-refractivity contribution in [2.75, 3.05) is 12.8 Å². The summed E-state index contributed by atoms with van der Waals surface area (Å²) in [6, 6.07) is 10.3. The number of fused-ring (bicyclic) bond motifs is 1. The highest BCUT2D eigenvalue weighted by molar-refractivity contribution is 7.84. The summed E-state index contributed by atoms with van der Waals surface area (Å²) in [5, 5.41) is 3.50. The summed E-state index contributed by atoms with van der Waals surface area (Å²) in [5.74, 6) is 1.00. The van der Waals surface area contributed by atoms with Gasteiger partial charge in [-0.25, -0.2) is 4.98 Å². The van der Waals surface area contributed by atoms with Crippen molar-refractivity contribution in [3.63, 3.8) is 0 Å². The third-order valence-corrected chi connectivity index (χ3v) is 5.31. The maximum absolute atomic E-state index is 11.8. The molecule has 4 nitrogen and oxygen atoms in total. The highest BCUT2D eigenvalue weighted by Gasteiger charge is 2.22. The third-order valence-electron chi connectivity index (χ3n) is 4.02. The van der Waals surface area contributed by atoms with Crippen LogP contribution in [0.4, 0.5) is 0 Å². The summed E-state index contributed by atoms with van der Waals surface area (Å²) in [7, 11) is -0.825. The van der Waals surface area contributed by atoms with Crippen LogP contribution in [0.5, 0.6) is 0 Å². The molecule has 2 heterocycles. The van der Waals surface area contributed by atoms with Gasteiger partial charge in [-0.1, -0.05) is 30.3 Å².